The van der Waals surface area contributed by atoms with Crippen LogP contribution in [0.15, 0.2) is 5.38 Å². The summed E-state index contributed by atoms with van der Waals surface area (Å²) in [5.41, 5.74) is 0.145. The van der Waals surface area contributed by atoms with Gasteiger partial charge in [0, 0.05) is 5.38 Å². The summed E-state index contributed by atoms with van der Waals surface area (Å²) < 4.78 is 4.25. The van der Waals surface area contributed by atoms with E-state index in [0.29, 0.717) is 6.29 Å². The number of aromatic nitrogens is 1. The summed E-state index contributed by atoms with van der Waals surface area (Å²) in [6, 6.07) is 0. The summed E-state index contributed by atoms with van der Waals surface area (Å²) in [5.74, 6) is -0.953. The molecule has 0 fully saturated rings. The van der Waals surface area contributed by atoms with E-state index in [1.807, 2.05) is 0 Å². The summed E-state index contributed by atoms with van der Waals surface area (Å²) in [5, 5.41) is 20.3. The highest BCUT2D eigenvalue weighted by molar-refractivity contribution is 7.09. The zero-order valence-electron chi connectivity index (χ0n) is 7.78. The van der Waals surface area contributed by atoms with Crippen molar-refractivity contribution in [1.82, 2.24) is 4.98 Å². The smallest absolute Gasteiger partial charge is 0.337 e. The number of methoxy groups -OCH3 is 1. The van der Waals surface area contributed by atoms with Crippen LogP contribution >= 0.6 is 11.3 Å². The Bertz CT molecular complexity index is 364. The lowest BCUT2D eigenvalue weighted by molar-refractivity contribution is -0.156. The lowest BCUT2D eigenvalue weighted by Crippen LogP contribution is -2.28. The van der Waals surface area contributed by atoms with Crippen LogP contribution in [0.5, 0.6) is 0 Å². The van der Waals surface area contributed by atoms with Crippen molar-refractivity contribution in [2.45, 2.75) is 12.2 Å². The molecule has 1 aromatic rings. The zero-order valence-corrected chi connectivity index (χ0v) is 8.60. The Balaban J connectivity index is 2.79. The van der Waals surface area contributed by atoms with Crippen LogP contribution in [-0.2, 0) is 9.53 Å². The molecular formula is C8H9NO5S. The van der Waals surface area contributed by atoms with Gasteiger partial charge in [0.1, 0.15) is 16.8 Å². The van der Waals surface area contributed by atoms with Crippen LogP contribution in [-0.4, -0.2) is 40.7 Å². The molecule has 2 atom stereocenters. The standard InChI is InChI=1S/C8H9NO5S/c1-14-8(13)6(12)5(11)7-9-4(2-10)3-15-7/h2-3,5-6,11-12H,1H3. The number of nitrogens with zero attached hydrogens (tertiary/aromatic N) is 1. The van der Waals surface area contributed by atoms with Crippen molar-refractivity contribution < 1.29 is 24.5 Å². The average Bonchev–Trinajstić information content (AvgIpc) is 2.74. The van der Waals surface area contributed by atoms with E-state index in [-0.39, 0.29) is 10.7 Å². The Labute approximate surface area is 89.1 Å². The molecule has 0 saturated heterocycles. The van der Waals surface area contributed by atoms with Gasteiger partial charge in [0.15, 0.2) is 12.4 Å². The number of rotatable bonds is 4. The minimum absolute atomic E-state index is 0.0926. The summed E-state index contributed by atoms with van der Waals surface area (Å²) in [6.07, 6.45) is -2.66. The van der Waals surface area contributed by atoms with E-state index in [0.717, 1.165) is 18.4 Å². The second-order valence-electron chi connectivity index (χ2n) is 2.64. The highest BCUT2D eigenvalue weighted by Gasteiger charge is 2.28. The molecule has 0 amide bonds. The molecule has 0 aliphatic carbocycles. The van der Waals surface area contributed by atoms with E-state index in [1.54, 1.807) is 0 Å². The van der Waals surface area contributed by atoms with Gasteiger partial charge in [0.2, 0.25) is 0 Å². The second-order valence-corrected chi connectivity index (χ2v) is 3.53. The third kappa shape index (κ3) is 2.58. The van der Waals surface area contributed by atoms with E-state index in [9.17, 15) is 19.8 Å². The molecule has 82 valence electrons. The Morgan fingerprint density at radius 2 is 2.33 bits per heavy atom. The fourth-order valence-electron chi connectivity index (χ4n) is 0.875. The van der Waals surface area contributed by atoms with Gasteiger partial charge in [-0.15, -0.1) is 11.3 Å². The van der Waals surface area contributed by atoms with Gasteiger partial charge in [-0.25, -0.2) is 9.78 Å². The van der Waals surface area contributed by atoms with Crippen molar-refractivity contribution in [3.05, 3.63) is 16.1 Å². The average molecular weight is 231 g/mol. The first-order chi connectivity index (χ1) is 7.10. The van der Waals surface area contributed by atoms with Crippen molar-refractivity contribution in [1.29, 1.82) is 0 Å². The number of aliphatic hydroxyl groups is 2. The van der Waals surface area contributed by atoms with Gasteiger partial charge in [-0.3, -0.25) is 4.79 Å². The van der Waals surface area contributed by atoms with Gasteiger partial charge in [-0.05, 0) is 0 Å². The molecule has 15 heavy (non-hydrogen) atoms. The Morgan fingerprint density at radius 1 is 1.67 bits per heavy atom. The number of hydrogen-bond donors (Lipinski definition) is 2. The molecule has 7 heteroatoms. The first-order valence-electron chi connectivity index (χ1n) is 3.94. The van der Waals surface area contributed by atoms with Gasteiger partial charge in [-0.2, -0.15) is 0 Å². The van der Waals surface area contributed by atoms with Crippen molar-refractivity contribution in [2.24, 2.45) is 0 Å². The largest absolute Gasteiger partial charge is 0.467 e. The number of aliphatic hydroxyl groups excluding tert-OH is 2. The van der Waals surface area contributed by atoms with Gasteiger partial charge in [0.25, 0.3) is 0 Å². The Kier molecular flexibility index (Phi) is 3.89. The summed E-state index contributed by atoms with van der Waals surface area (Å²) >= 11 is 0.978. The fourth-order valence-corrected chi connectivity index (χ4v) is 1.65. The maximum absolute atomic E-state index is 10.9. The third-order valence-electron chi connectivity index (χ3n) is 1.66. The summed E-state index contributed by atoms with van der Waals surface area (Å²) in [4.78, 5) is 24.9. The Hall–Kier alpha value is -1.31. The molecule has 0 saturated carbocycles. The van der Waals surface area contributed by atoms with Gasteiger partial charge in [-0.1, -0.05) is 0 Å². The molecule has 0 aliphatic rings. The van der Waals surface area contributed by atoms with E-state index in [4.69, 9.17) is 0 Å². The minimum atomic E-state index is -1.69. The zero-order chi connectivity index (χ0) is 11.4. The van der Waals surface area contributed by atoms with Gasteiger partial charge >= 0.3 is 5.97 Å². The summed E-state index contributed by atoms with van der Waals surface area (Å²) in [7, 11) is 1.09. The maximum Gasteiger partial charge on any atom is 0.337 e. The number of carbonyl (C=O) groups is 2. The highest BCUT2D eigenvalue weighted by Crippen LogP contribution is 2.21. The van der Waals surface area contributed by atoms with Crippen molar-refractivity contribution >= 4 is 23.6 Å². The van der Waals surface area contributed by atoms with Crippen LogP contribution in [0, 0.1) is 0 Å². The molecule has 0 spiro atoms. The fraction of sp³-hybridized carbons (Fsp3) is 0.375. The lowest BCUT2D eigenvalue weighted by Gasteiger charge is -2.12. The maximum atomic E-state index is 10.9. The first kappa shape index (κ1) is 11.8. The van der Waals surface area contributed by atoms with Crippen LogP contribution in [0.3, 0.4) is 0 Å². The molecule has 0 bridgehead atoms. The van der Waals surface area contributed by atoms with Gasteiger partial charge < -0.3 is 14.9 Å². The number of hydrogen-bond acceptors (Lipinski definition) is 7. The predicted octanol–water partition coefficient (Wildman–Crippen LogP) is -0.477. The SMILES string of the molecule is COC(=O)C(O)C(O)c1nc(C=O)cs1. The molecule has 1 rings (SSSR count). The van der Waals surface area contributed by atoms with E-state index in [2.05, 4.69) is 9.72 Å². The minimum Gasteiger partial charge on any atom is -0.467 e. The van der Waals surface area contributed by atoms with Crippen molar-refractivity contribution in [2.75, 3.05) is 7.11 Å². The predicted molar refractivity (Wildman–Crippen MR) is 50.5 cm³/mol. The van der Waals surface area contributed by atoms with E-state index < -0.39 is 18.2 Å². The number of esters is 1. The van der Waals surface area contributed by atoms with Crippen molar-refractivity contribution in [3.8, 4) is 0 Å². The molecule has 1 heterocycles. The van der Waals surface area contributed by atoms with E-state index >= 15 is 0 Å². The molecule has 0 aliphatic heterocycles. The first-order valence-corrected chi connectivity index (χ1v) is 4.82. The second kappa shape index (κ2) is 4.96. The van der Waals surface area contributed by atoms with Crippen LogP contribution in [0.1, 0.15) is 21.6 Å². The quantitative estimate of drug-likeness (QED) is 0.536. The normalized spacial score (nSPS) is 14.3. The molecule has 0 aromatic carbocycles. The number of carbonyl (C=O) groups excluding carboxylic acids is 2. The van der Waals surface area contributed by atoms with E-state index in [1.165, 1.54) is 5.38 Å². The number of thiazole rings is 1. The van der Waals surface area contributed by atoms with Crippen LogP contribution in [0.25, 0.3) is 0 Å². The van der Waals surface area contributed by atoms with Crippen LogP contribution < -0.4 is 0 Å². The molecule has 0 radical (unpaired) electrons. The van der Waals surface area contributed by atoms with Crippen LogP contribution in [0.2, 0.25) is 0 Å². The lowest BCUT2D eigenvalue weighted by atomic mass is 10.2. The number of aldehydes is 1. The highest BCUT2D eigenvalue weighted by atomic mass is 32.1. The molecule has 6 nitrogen and oxygen atoms in total. The molecular weight excluding hydrogens is 222 g/mol. The summed E-state index contributed by atoms with van der Waals surface area (Å²) in [6.45, 7) is 0. The van der Waals surface area contributed by atoms with Crippen molar-refractivity contribution in [3.63, 3.8) is 0 Å². The van der Waals surface area contributed by atoms with Crippen LogP contribution in [0.4, 0.5) is 0 Å². The monoisotopic (exact) mass is 231 g/mol. The molecule has 2 N–H and O–H groups in total. The third-order valence-corrected chi connectivity index (χ3v) is 2.59. The molecule has 1 aromatic heterocycles. The Morgan fingerprint density at radius 3 is 2.80 bits per heavy atom. The molecule has 2 unspecified atom stereocenters. The topological polar surface area (TPSA) is 96.7 Å². The van der Waals surface area contributed by atoms with Gasteiger partial charge in [0.05, 0.1) is 7.11 Å². The number of ether oxygens (including phenoxy) is 1.